The second kappa shape index (κ2) is 5.63. The molecule has 0 amide bonds. The number of thiazole rings is 1. The summed E-state index contributed by atoms with van der Waals surface area (Å²) in [7, 11) is 0. The van der Waals surface area contributed by atoms with Gasteiger partial charge < -0.3 is 0 Å². The maximum Gasteiger partial charge on any atom is 0.123 e. The largest absolute Gasteiger partial charge is 0.297 e. The number of hydrogen-bond acceptors (Lipinski definition) is 3. The Morgan fingerprint density at radius 3 is 2.61 bits per heavy atom. The molecule has 1 saturated heterocycles. The van der Waals surface area contributed by atoms with E-state index in [9.17, 15) is 0 Å². The maximum atomic E-state index is 4.75. The Kier molecular flexibility index (Phi) is 3.72. The standard InChI is InChI=1S/C15H18N2S/c1-3-7-13(8-4-1)15-16-14(12-18-15)11-17-9-5-2-6-10-17/h1,3-4,7-8,12H,2,5-6,9-11H2. The van der Waals surface area contributed by atoms with Gasteiger partial charge in [-0.25, -0.2) is 4.98 Å². The van der Waals surface area contributed by atoms with E-state index in [1.807, 2.05) is 6.07 Å². The minimum Gasteiger partial charge on any atom is -0.297 e. The van der Waals surface area contributed by atoms with E-state index in [1.165, 1.54) is 43.6 Å². The minimum atomic E-state index is 1.02. The molecule has 0 N–H and O–H groups in total. The Morgan fingerprint density at radius 1 is 1.06 bits per heavy atom. The third-order valence-electron chi connectivity index (χ3n) is 3.41. The molecule has 3 heteroatoms. The average molecular weight is 258 g/mol. The third-order valence-corrected chi connectivity index (χ3v) is 4.35. The number of rotatable bonds is 3. The van der Waals surface area contributed by atoms with Crippen LogP contribution in [-0.4, -0.2) is 23.0 Å². The zero-order valence-electron chi connectivity index (χ0n) is 10.5. The molecular formula is C15H18N2S. The van der Waals surface area contributed by atoms with Crippen LogP contribution in [0.15, 0.2) is 35.7 Å². The first kappa shape index (κ1) is 11.9. The molecule has 1 aromatic carbocycles. The monoisotopic (exact) mass is 258 g/mol. The average Bonchev–Trinajstić information content (AvgIpc) is 2.89. The fourth-order valence-electron chi connectivity index (χ4n) is 2.44. The normalized spacial score (nSPS) is 16.9. The highest BCUT2D eigenvalue weighted by molar-refractivity contribution is 7.13. The first-order chi connectivity index (χ1) is 8.92. The molecule has 3 rings (SSSR count). The van der Waals surface area contributed by atoms with Crippen LogP contribution in [-0.2, 0) is 6.54 Å². The highest BCUT2D eigenvalue weighted by Gasteiger charge is 2.12. The lowest BCUT2D eigenvalue weighted by Crippen LogP contribution is -2.29. The highest BCUT2D eigenvalue weighted by atomic mass is 32.1. The summed E-state index contributed by atoms with van der Waals surface area (Å²) in [5, 5.41) is 3.35. The van der Waals surface area contributed by atoms with E-state index in [1.54, 1.807) is 11.3 Å². The molecule has 1 fully saturated rings. The second-order valence-electron chi connectivity index (χ2n) is 4.85. The molecule has 0 atom stereocenters. The first-order valence-electron chi connectivity index (χ1n) is 6.64. The number of likely N-dealkylation sites (tertiary alicyclic amines) is 1. The lowest BCUT2D eigenvalue weighted by molar-refractivity contribution is 0.219. The van der Waals surface area contributed by atoms with Crippen molar-refractivity contribution in [1.82, 2.24) is 9.88 Å². The van der Waals surface area contributed by atoms with Crippen LogP contribution in [0.2, 0.25) is 0 Å². The third kappa shape index (κ3) is 2.79. The summed E-state index contributed by atoms with van der Waals surface area (Å²) < 4.78 is 0. The van der Waals surface area contributed by atoms with Gasteiger partial charge in [-0.15, -0.1) is 11.3 Å². The van der Waals surface area contributed by atoms with Gasteiger partial charge in [-0.1, -0.05) is 36.8 Å². The number of benzene rings is 1. The lowest BCUT2D eigenvalue weighted by atomic mass is 10.1. The molecule has 1 aliphatic rings. The molecule has 2 heterocycles. The molecule has 0 saturated carbocycles. The topological polar surface area (TPSA) is 16.1 Å². The molecule has 18 heavy (non-hydrogen) atoms. The van der Waals surface area contributed by atoms with Crippen molar-refractivity contribution < 1.29 is 0 Å². The van der Waals surface area contributed by atoms with Crippen LogP contribution in [0.3, 0.4) is 0 Å². The van der Waals surface area contributed by atoms with Gasteiger partial charge in [0.1, 0.15) is 5.01 Å². The van der Waals surface area contributed by atoms with Crippen molar-refractivity contribution in [3.63, 3.8) is 0 Å². The summed E-state index contributed by atoms with van der Waals surface area (Å²) in [5.74, 6) is 0. The summed E-state index contributed by atoms with van der Waals surface area (Å²) in [6.07, 6.45) is 4.08. The molecule has 0 radical (unpaired) electrons. The van der Waals surface area contributed by atoms with Crippen LogP contribution < -0.4 is 0 Å². The van der Waals surface area contributed by atoms with Gasteiger partial charge in [0.2, 0.25) is 0 Å². The zero-order chi connectivity index (χ0) is 12.2. The van der Waals surface area contributed by atoms with E-state index in [0.29, 0.717) is 0 Å². The summed E-state index contributed by atoms with van der Waals surface area (Å²) in [6.45, 7) is 3.49. The lowest BCUT2D eigenvalue weighted by Gasteiger charge is -2.25. The molecule has 0 bridgehead atoms. The van der Waals surface area contributed by atoms with E-state index >= 15 is 0 Å². The van der Waals surface area contributed by atoms with Crippen molar-refractivity contribution >= 4 is 11.3 Å². The van der Waals surface area contributed by atoms with E-state index in [2.05, 4.69) is 34.5 Å². The Bertz CT molecular complexity index is 486. The summed E-state index contributed by atoms with van der Waals surface area (Å²) in [4.78, 5) is 7.27. The van der Waals surface area contributed by atoms with E-state index in [0.717, 1.165) is 11.6 Å². The van der Waals surface area contributed by atoms with Crippen LogP contribution >= 0.6 is 11.3 Å². The predicted molar refractivity (Wildman–Crippen MR) is 76.7 cm³/mol. The SMILES string of the molecule is c1ccc(-c2nc(CN3CCCCC3)cs2)cc1. The molecule has 0 unspecified atom stereocenters. The number of hydrogen-bond donors (Lipinski definition) is 0. The van der Waals surface area contributed by atoms with Gasteiger partial charge in [-0.05, 0) is 25.9 Å². The van der Waals surface area contributed by atoms with Crippen molar-refractivity contribution in [2.24, 2.45) is 0 Å². The van der Waals surface area contributed by atoms with Gasteiger partial charge in [-0.3, -0.25) is 4.90 Å². The summed E-state index contributed by atoms with van der Waals surface area (Å²) >= 11 is 1.75. The van der Waals surface area contributed by atoms with E-state index in [-0.39, 0.29) is 0 Å². The van der Waals surface area contributed by atoms with Crippen molar-refractivity contribution in [1.29, 1.82) is 0 Å². The fourth-order valence-corrected chi connectivity index (χ4v) is 3.26. The number of aromatic nitrogens is 1. The van der Waals surface area contributed by atoms with Gasteiger partial charge in [0.25, 0.3) is 0 Å². The zero-order valence-corrected chi connectivity index (χ0v) is 11.3. The summed E-state index contributed by atoms with van der Waals surface area (Å²) in [5.41, 5.74) is 2.45. The van der Waals surface area contributed by atoms with E-state index < -0.39 is 0 Å². The van der Waals surface area contributed by atoms with Crippen LogP contribution in [0.1, 0.15) is 25.0 Å². The second-order valence-corrected chi connectivity index (χ2v) is 5.70. The van der Waals surface area contributed by atoms with Gasteiger partial charge in [-0.2, -0.15) is 0 Å². The Balaban J connectivity index is 1.69. The number of nitrogens with zero attached hydrogens (tertiary/aromatic N) is 2. The Hall–Kier alpha value is -1.19. The van der Waals surface area contributed by atoms with Gasteiger partial charge in [0.05, 0.1) is 5.69 Å². The van der Waals surface area contributed by atoms with Crippen LogP contribution in [0.5, 0.6) is 0 Å². The van der Waals surface area contributed by atoms with Crippen molar-refractivity contribution in [3.8, 4) is 10.6 Å². The van der Waals surface area contributed by atoms with Crippen LogP contribution in [0.4, 0.5) is 0 Å². The molecule has 94 valence electrons. The molecule has 0 spiro atoms. The Labute approximate surface area is 112 Å². The minimum absolute atomic E-state index is 1.02. The molecule has 2 aromatic rings. The molecule has 1 aromatic heterocycles. The van der Waals surface area contributed by atoms with Crippen molar-refractivity contribution in [3.05, 3.63) is 41.4 Å². The fraction of sp³-hybridized carbons (Fsp3) is 0.400. The predicted octanol–water partition coefficient (Wildman–Crippen LogP) is 3.80. The van der Waals surface area contributed by atoms with Gasteiger partial charge in [0.15, 0.2) is 0 Å². The number of piperidine rings is 1. The maximum absolute atomic E-state index is 4.75. The molecule has 1 aliphatic heterocycles. The Morgan fingerprint density at radius 2 is 1.83 bits per heavy atom. The van der Waals surface area contributed by atoms with E-state index in [4.69, 9.17) is 4.98 Å². The molecule has 0 aliphatic carbocycles. The quantitative estimate of drug-likeness (QED) is 0.832. The van der Waals surface area contributed by atoms with Crippen LogP contribution in [0, 0.1) is 0 Å². The van der Waals surface area contributed by atoms with Crippen LogP contribution in [0.25, 0.3) is 10.6 Å². The van der Waals surface area contributed by atoms with Crippen molar-refractivity contribution in [2.45, 2.75) is 25.8 Å². The van der Waals surface area contributed by atoms with Crippen molar-refractivity contribution in [2.75, 3.05) is 13.1 Å². The van der Waals surface area contributed by atoms with Gasteiger partial charge in [0, 0.05) is 17.5 Å². The molecular weight excluding hydrogens is 240 g/mol. The summed E-state index contributed by atoms with van der Waals surface area (Å²) in [6, 6.07) is 10.4. The first-order valence-corrected chi connectivity index (χ1v) is 7.52. The molecule has 2 nitrogen and oxygen atoms in total. The van der Waals surface area contributed by atoms with Gasteiger partial charge >= 0.3 is 0 Å². The smallest absolute Gasteiger partial charge is 0.123 e. The highest BCUT2D eigenvalue weighted by Crippen LogP contribution is 2.24.